The fourth-order valence-corrected chi connectivity index (χ4v) is 2.31. The van der Waals surface area contributed by atoms with Crippen LogP contribution in [0.3, 0.4) is 0 Å². The topological polar surface area (TPSA) is 20.2 Å². The van der Waals surface area contributed by atoms with Gasteiger partial charge in [0.2, 0.25) is 0 Å². The minimum absolute atomic E-state index is 0.859. The summed E-state index contributed by atoms with van der Waals surface area (Å²) in [6, 6.07) is 0. The third kappa shape index (κ3) is 25.9. The third-order valence-electron chi connectivity index (χ3n) is 3.60. The van der Waals surface area contributed by atoms with Crippen LogP contribution in [0.1, 0.15) is 96.8 Å². The number of rotatable bonds is 15. The normalized spacial score (nSPS) is 10.7. The molecule has 0 aromatic carbocycles. The molecular formula is C18H35ClOPd. The van der Waals surface area contributed by atoms with E-state index < -0.39 is 0 Å². The molecule has 0 radical (unpaired) electrons. The predicted octanol–water partition coefficient (Wildman–Crippen LogP) is 7.25. The van der Waals surface area contributed by atoms with E-state index >= 15 is 0 Å². The van der Waals surface area contributed by atoms with Gasteiger partial charge < -0.3 is 5.11 Å². The van der Waals surface area contributed by atoms with Crippen molar-refractivity contribution in [2.75, 3.05) is 0 Å². The molecule has 0 rings (SSSR count). The van der Waals surface area contributed by atoms with Crippen molar-refractivity contribution in [3.8, 4) is 0 Å². The molecule has 0 saturated heterocycles. The molecule has 0 bridgehead atoms. The first-order valence-electron chi connectivity index (χ1n) is 8.64. The van der Waals surface area contributed by atoms with Crippen LogP contribution < -0.4 is 0 Å². The molecular weight excluding hydrogens is 374 g/mol. The second-order valence-corrected chi connectivity index (χ2v) is 5.56. The van der Waals surface area contributed by atoms with Crippen molar-refractivity contribution in [3.05, 3.63) is 18.8 Å². The van der Waals surface area contributed by atoms with Crippen LogP contribution in [0.25, 0.3) is 0 Å². The molecule has 1 N–H and O–H groups in total. The summed E-state index contributed by atoms with van der Waals surface area (Å²) >= 11 is 2.22. The quantitative estimate of drug-likeness (QED) is 0.131. The van der Waals surface area contributed by atoms with E-state index in [9.17, 15) is 0 Å². The number of aliphatic hydroxyl groups is 1. The van der Waals surface area contributed by atoms with E-state index in [0.717, 1.165) is 12.8 Å². The molecule has 0 saturated carbocycles. The van der Waals surface area contributed by atoms with E-state index in [4.69, 9.17) is 5.11 Å². The Morgan fingerprint density at radius 3 is 1.67 bits per heavy atom. The zero-order valence-electron chi connectivity index (χ0n) is 13.8. The van der Waals surface area contributed by atoms with E-state index in [-0.39, 0.29) is 0 Å². The molecule has 0 heterocycles. The summed E-state index contributed by atoms with van der Waals surface area (Å²) in [5.74, 6) is 0. The molecule has 0 atom stereocenters. The number of halogens is 1. The maximum absolute atomic E-state index is 8.54. The van der Waals surface area contributed by atoms with Crippen molar-refractivity contribution in [1.82, 2.24) is 0 Å². The SMILES string of the molecule is CCCCCCCCC=CCCCCCCC[CH-]O.[Cl][Pd+]. The van der Waals surface area contributed by atoms with Crippen LogP contribution in [-0.4, -0.2) is 5.11 Å². The molecule has 0 aliphatic rings. The molecule has 0 aliphatic heterocycles. The summed E-state index contributed by atoms with van der Waals surface area (Å²) in [6.45, 7) is 3.55. The molecule has 0 fully saturated rings. The van der Waals surface area contributed by atoms with Gasteiger partial charge in [0, 0.05) is 0 Å². The molecule has 21 heavy (non-hydrogen) atoms. The van der Waals surface area contributed by atoms with Crippen LogP contribution in [0.5, 0.6) is 0 Å². The van der Waals surface area contributed by atoms with Crippen molar-refractivity contribution in [3.63, 3.8) is 0 Å². The summed E-state index contributed by atoms with van der Waals surface area (Å²) in [6.07, 6.45) is 22.9. The molecule has 0 aliphatic carbocycles. The first-order chi connectivity index (χ1) is 10.4. The monoisotopic (exact) mass is 408 g/mol. The molecule has 130 valence electrons. The Balaban J connectivity index is 0. The summed E-state index contributed by atoms with van der Waals surface area (Å²) in [5.41, 5.74) is 0. The molecule has 0 unspecified atom stereocenters. The van der Waals surface area contributed by atoms with Crippen LogP contribution in [0, 0.1) is 6.61 Å². The number of unbranched alkanes of at least 4 members (excludes halogenated alkanes) is 12. The van der Waals surface area contributed by atoms with Crippen molar-refractivity contribution in [2.45, 2.75) is 96.8 Å². The predicted molar refractivity (Wildman–Crippen MR) is 91.5 cm³/mol. The Hall–Kier alpha value is 0.652. The Kier molecular flexibility index (Phi) is 29.1. The average molecular weight is 409 g/mol. The Bertz CT molecular complexity index is 186. The van der Waals surface area contributed by atoms with E-state index in [2.05, 4.69) is 46.8 Å². The van der Waals surface area contributed by atoms with Gasteiger partial charge in [0.05, 0.1) is 0 Å². The van der Waals surface area contributed by atoms with Crippen LogP contribution >= 0.6 is 9.53 Å². The number of aliphatic hydroxyl groups excluding tert-OH is 1. The second-order valence-electron chi connectivity index (χ2n) is 5.56. The summed E-state index contributed by atoms with van der Waals surface area (Å²) in [4.78, 5) is 0. The van der Waals surface area contributed by atoms with Crippen molar-refractivity contribution in [2.24, 2.45) is 0 Å². The standard InChI is InChI=1S/C18H35O.ClH.Pd/c1-2-3-4-5-6-7-8-9-10-11-12-13-14-15-16-17-18-19;;/h9-10,18-19H,2-8,11-17H2,1H3;1H;/q-1;;+2/p-1. The zero-order valence-corrected chi connectivity index (χ0v) is 16.1. The van der Waals surface area contributed by atoms with Gasteiger partial charge in [-0.1, -0.05) is 76.9 Å². The Labute approximate surface area is 148 Å². The van der Waals surface area contributed by atoms with Gasteiger partial charge in [-0.3, -0.25) is 0 Å². The van der Waals surface area contributed by atoms with E-state index in [1.807, 2.05) is 0 Å². The average Bonchev–Trinajstić information content (AvgIpc) is 2.53. The molecule has 0 amide bonds. The van der Waals surface area contributed by atoms with Gasteiger partial charge in [-0.05, 0) is 25.7 Å². The van der Waals surface area contributed by atoms with Gasteiger partial charge in [-0.25, -0.2) is 6.61 Å². The number of allylic oxidation sites excluding steroid dienone is 2. The number of hydrogen-bond donors (Lipinski definition) is 1. The van der Waals surface area contributed by atoms with Gasteiger partial charge >= 0.3 is 27.7 Å². The van der Waals surface area contributed by atoms with Crippen molar-refractivity contribution >= 4 is 9.53 Å². The molecule has 0 spiro atoms. The number of hydrogen-bond acceptors (Lipinski definition) is 1. The first kappa shape index (κ1) is 23.9. The maximum atomic E-state index is 8.54. The summed E-state index contributed by atoms with van der Waals surface area (Å²) in [7, 11) is 4.49. The second kappa shape index (κ2) is 25.6. The Morgan fingerprint density at radius 2 is 1.19 bits per heavy atom. The summed E-state index contributed by atoms with van der Waals surface area (Å²) in [5, 5.41) is 8.54. The van der Waals surface area contributed by atoms with E-state index in [1.165, 1.54) is 83.7 Å². The molecule has 1 nitrogen and oxygen atoms in total. The summed E-state index contributed by atoms with van der Waals surface area (Å²) < 4.78 is 0. The fourth-order valence-electron chi connectivity index (χ4n) is 2.31. The molecule has 3 heteroatoms. The third-order valence-corrected chi connectivity index (χ3v) is 3.60. The van der Waals surface area contributed by atoms with Gasteiger partial charge in [0.25, 0.3) is 0 Å². The van der Waals surface area contributed by atoms with Gasteiger partial charge in [0.15, 0.2) is 0 Å². The fraction of sp³-hybridized carbons (Fsp3) is 0.833. The molecule has 0 aromatic heterocycles. The van der Waals surface area contributed by atoms with Crippen molar-refractivity contribution in [1.29, 1.82) is 0 Å². The van der Waals surface area contributed by atoms with Crippen LogP contribution in [0.15, 0.2) is 12.2 Å². The Morgan fingerprint density at radius 1 is 0.762 bits per heavy atom. The van der Waals surface area contributed by atoms with Crippen LogP contribution in [0.2, 0.25) is 0 Å². The first-order valence-corrected chi connectivity index (χ1v) is 10.6. The van der Waals surface area contributed by atoms with Gasteiger partial charge in [-0.15, -0.1) is 0 Å². The van der Waals surface area contributed by atoms with Crippen LogP contribution in [0.4, 0.5) is 0 Å². The van der Waals surface area contributed by atoms with Gasteiger partial charge in [0.1, 0.15) is 0 Å². The van der Waals surface area contributed by atoms with Gasteiger partial charge in [-0.2, -0.15) is 6.42 Å². The van der Waals surface area contributed by atoms with Crippen LogP contribution in [-0.2, 0) is 18.2 Å². The van der Waals surface area contributed by atoms with E-state index in [0.29, 0.717) is 0 Å². The van der Waals surface area contributed by atoms with Crippen molar-refractivity contribution < 1.29 is 23.3 Å². The molecule has 0 aromatic rings. The van der Waals surface area contributed by atoms with E-state index in [1.54, 1.807) is 0 Å². The minimum atomic E-state index is 0.859. The zero-order chi connectivity index (χ0) is 16.0.